The van der Waals surface area contributed by atoms with Gasteiger partial charge in [-0.2, -0.15) is 0 Å². The lowest BCUT2D eigenvalue weighted by Crippen LogP contribution is -2.40. The first-order chi connectivity index (χ1) is 20.3. The zero-order valence-corrected chi connectivity index (χ0v) is 24.0. The van der Waals surface area contributed by atoms with Gasteiger partial charge in [0, 0.05) is 11.1 Å². The summed E-state index contributed by atoms with van der Waals surface area (Å²) in [6.45, 7) is 2.40. The van der Waals surface area contributed by atoms with Crippen LogP contribution in [0.2, 0.25) is 10.0 Å². The van der Waals surface area contributed by atoms with Crippen LogP contribution >= 0.6 is 23.2 Å². The number of benzene rings is 3. The smallest absolute Gasteiger partial charge is 0.298 e. The summed E-state index contributed by atoms with van der Waals surface area (Å²) in [5, 5.41) is 16.4. The largest absolute Gasteiger partial charge is 0.471 e. The quantitative estimate of drug-likeness (QED) is 0.175. The molecule has 1 fully saturated rings. The summed E-state index contributed by atoms with van der Waals surface area (Å²) >= 11 is 13.0. The third-order valence-corrected chi connectivity index (χ3v) is 8.02. The number of hydrogen-bond acceptors (Lipinski definition) is 8. The molecular formula is C32H25Cl2N3O5. The molecule has 0 radical (unpaired) electrons. The van der Waals surface area contributed by atoms with Crippen molar-refractivity contribution in [1.29, 1.82) is 0 Å². The molecule has 8 nitrogen and oxygen atoms in total. The van der Waals surface area contributed by atoms with E-state index >= 15 is 0 Å². The highest BCUT2D eigenvalue weighted by molar-refractivity contribution is 6.39. The second-order valence-corrected chi connectivity index (χ2v) is 11.1. The Morgan fingerprint density at radius 1 is 1.02 bits per heavy atom. The molecule has 1 N–H and O–H groups in total. The van der Waals surface area contributed by atoms with Gasteiger partial charge in [-0.15, -0.1) is 0 Å². The molecule has 0 spiro atoms. The fraction of sp³-hybridized carbons (Fsp3) is 0.188. The summed E-state index contributed by atoms with van der Waals surface area (Å²) in [5.74, 6) is 1.38. The molecule has 0 aliphatic heterocycles. The van der Waals surface area contributed by atoms with Gasteiger partial charge in [-0.05, 0) is 61.1 Å². The molecule has 1 aliphatic carbocycles. The van der Waals surface area contributed by atoms with E-state index in [4.69, 9.17) is 37.2 Å². The van der Waals surface area contributed by atoms with Crippen molar-refractivity contribution < 1.29 is 23.9 Å². The van der Waals surface area contributed by atoms with E-state index in [1.165, 1.54) is 12.4 Å². The standard InChI is InChI=1S/C32H25Cl2N3O5/c1-19-10-21(12-23(11-19)41-18-38)22-13-32(39,14-22)27-15-36-28(16-35-27)40-17-24-30(29-25(33)8-5-9-26(29)34)37-42-31(24)20-6-3-2-4-7-20/h2-12,15-16,18,22,39H,13-14,17H2,1H3. The predicted molar refractivity (Wildman–Crippen MR) is 158 cm³/mol. The van der Waals surface area contributed by atoms with Crippen molar-refractivity contribution >= 4 is 29.7 Å². The number of hydrogen-bond donors (Lipinski definition) is 1. The summed E-state index contributed by atoms with van der Waals surface area (Å²) < 4.78 is 16.8. The lowest BCUT2D eigenvalue weighted by Gasteiger charge is -2.43. The molecule has 10 heteroatoms. The molecule has 1 aliphatic rings. The van der Waals surface area contributed by atoms with Crippen molar-refractivity contribution in [2.24, 2.45) is 0 Å². The minimum absolute atomic E-state index is 0.0591. The van der Waals surface area contributed by atoms with Crippen molar-refractivity contribution in [3.05, 3.63) is 112 Å². The fourth-order valence-corrected chi connectivity index (χ4v) is 5.87. The van der Waals surface area contributed by atoms with Crippen LogP contribution in [0.15, 0.2) is 83.6 Å². The zero-order chi connectivity index (χ0) is 29.3. The van der Waals surface area contributed by atoms with Crippen LogP contribution in [0.3, 0.4) is 0 Å². The van der Waals surface area contributed by atoms with Crippen molar-refractivity contribution in [3.8, 4) is 34.2 Å². The number of carbonyl (C=O) groups excluding carboxylic acids is 1. The van der Waals surface area contributed by atoms with E-state index in [0.717, 1.165) is 16.7 Å². The Hall–Kier alpha value is -4.24. The molecular weight excluding hydrogens is 577 g/mol. The number of aromatic nitrogens is 3. The van der Waals surface area contributed by atoms with Gasteiger partial charge in [-0.3, -0.25) is 9.78 Å². The second-order valence-electron chi connectivity index (χ2n) is 10.3. The van der Waals surface area contributed by atoms with Gasteiger partial charge in [0.15, 0.2) is 5.76 Å². The molecule has 42 heavy (non-hydrogen) atoms. The van der Waals surface area contributed by atoms with Gasteiger partial charge in [0.25, 0.3) is 6.47 Å². The molecule has 0 unspecified atom stereocenters. The first kappa shape index (κ1) is 27.9. The lowest BCUT2D eigenvalue weighted by molar-refractivity contribution is -0.120. The van der Waals surface area contributed by atoms with E-state index in [1.54, 1.807) is 24.3 Å². The Morgan fingerprint density at radius 3 is 2.48 bits per heavy atom. The van der Waals surface area contributed by atoms with E-state index in [1.807, 2.05) is 49.4 Å². The van der Waals surface area contributed by atoms with Crippen molar-refractivity contribution in [2.45, 2.75) is 37.9 Å². The van der Waals surface area contributed by atoms with Crippen LogP contribution in [-0.2, 0) is 17.0 Å². The second kappa shape index (κ2) is 11.6. The Morgan fingerprint density at radius 2 is 1.79 bits per heavy atom. The summed E-state index contributed by atoms with van der Waals surface area (Å²) in [6, 6.07) is 20.4. The maximum absolute atomic E-state index is 11.2. The summed E-state index contributed by atoms with van der Waals surface area (Å²) in [7, 11) is 0. The van der Waals surface area contributed by atoms with E-state index in [9.17, 15) is 9.90 Å². The molecule has 6 rings (SSSR count). The fourth-order valence-electron chi connectivity index (χ4n) is 5.29. The van der Waals surface area contributed by atoms with Crippen molar-refractivity contribution in [1.82, 2.24) is 15.1 Å². The Labute approximate surface area is 251 Å². The van der Waals surface area contributed by atoms with Gasteiger partial charge >= 0.3 is 0 Å². The van der Waals surface area contributed by atoms with Crippen LogP contribution in [0.4, 0.5) is 0 Å². The maximum Gasteiger partial charge on any atom is 0.298 e. The van der Waals surface area contributed by atoms with E-state index in [0.29, 0.717) is 63.4 Å². The molecule has 2 heterocycles. The summed E-state index contributed by atoms with van der Waals surface area (Å²) in [4.78, 5) is 19.6. The van der Waals surface area contributed by atoms with Crippen LogP contribution in [0.1, 0.15) is 41.1 Å². The van der Waals surface area contributed by atoms with E-state index in [-0.39, 0.29) is 18.4 Å². The summed E-state index contributed by atoms with van der Waals surface area (Å²) in [6.07, 6.45) is 3.95. The molecule has 0 saturated heterocycles. The SMILES string of the molecule is Cc1cc(OC=O)cc(C2CC(O)(c3cnc(OCc4c(-c5c(Cl)cccc5Cl)noc4-c4ccccc4)cn3)C2)c1. The van der Waals surface area contributed by atoms with Gasteiger partial charge in [0.2, 0.25) is 5.88 Å². The molecule has 0 amide bonds. The Kier molecular flexibility index (Phi) is 7.68. The molecule has 0 atom stereocenters. The molecule has 2 aromatic heterocycles. The van der Waals surface area contributed by atoms with Gasteiger partial charge < -0.3 is 19.1 Å². The van der Waals surface area contributed by atoms with Crippen molar-refractivity contribution in [2.75, 3.05) is 0 Å². The molecule has 212 valence electrons. The first-order valence-corrected chi connectivity index (χ1v) is 14.0. The number of nitrogens with zero attached hydrogens (tertiary/aromatic N) is 3. The van der Waals surface area contributed by atoms with Crippen LogP contribution in [0.5, 0.6) is 11.6 Å². The highest BCUT2D eigenvalue weighted by Crippen LogP contribution is 2.50. The van der Waals surface area contributed by atoms with Crippen LogP contribution in [0, 0.1) is 6.92 Å². The number of carbonyl (C=O) groups is 1. The Balaban J connectivity index is 1.20. The van der Waals surface area contributed by atoms with E-state index in [2.05, 4.69) is 15.1 Å². The maximum atomic E-state index is 11.2. The molecule has 0 bridgehead atoms. The predicted octanol–water partition coefficient (Wildman–Crippen LogP) is 7.29. The van der Waals surface area contributed by atoms with Gasteiger partial charge in [-0.25, -0.2) is 4.98 Å². The van der Waals surface area contributed by atoms with Gasteiger partial charge in [-0.1, -0.05) is 70.8 Å². The average molecular weight is 602 g/mol. The molecule has 3 aromatic carbocycles. The Bertz CT molecular complexity index is 1720. The number of rotatable bonds is 9. The van der Waals surface area contributed by atoms with Crippen LogP contribution in [-0.4, -0.2) is 26.7 Å². The minimum Gasteiger partial charge on any atom is -0.471 e. The summed E-state index contributed by atoms with van der Waals surface area (Å²) in [5.41, 5.74) is 3.81. The average Bonchev–Trinajstić information content (AvgIpc) is 3.38. The van der Waals surface area contributed by atoms with Gasteiger partial charge in [0.05, 0.1) is 33.7 Å². The highest BCUT2D eigenvalue weighted by Gasteiger charge is 2.46. The first-order valence-electron chi connectivity index (χ1n) is 13.2. The number of halogens is 2. The van der Waals surface area contributed by atoms with Crippen molar-refractivity contribution in [3.63, 3.8) is 0 Å². The van der Waals surface area contributed by atoms with Gasteiger partial charge in [0.1, 0.15) is 23.7 Å². The third-order valence-electron chi connectivity index (χ3n) is 7.39. The normalized spacial score (nSPS) is 17.9. The third kappa shape index (κ3) is 5.48. The van der Waals surface area contributed by atoms with E-state index < -0.39 is 5.60 Å². The zero-order valence-electron chi connectivity index (χ0n) is 22.5. The topological polar surface area (TPSA) is 108 Å². The monoisotopic (exact) mass is 601 g/mol. The number of ether oxygens (including phenoxy) is 2. The molecule has 1 saturated carbocycles. The van der Waals surface area contributed by atoms with Crippen LogP contribution in [0.25, 0.3) is 22.6 Å². The minimum atomic E-state index is -1.12. The number of aliphatic hydroxyl groups is 1. The lowest BCUT2D eigenvalue weighted by atomic mass is 9.66. The van der Waals surface area contributed by atoms with Crippen LogP contribution < -0.4 is 9.47 Å². The molecule has 5 aromatic rings. The highest BCUT2D eigenvalue weighted by atomic mass is 35.5. The number of aryl methyl sites for hydroxylation is 1.